The third-order valence-corrected chi connectivity index (χ3v) is 4.08. The van der Waals surface area contributed by atoms with Gasteiger partial charge >= 0.3 is 5.69 Å². The first-order valence-corrected chi connectivity index (χ1v) is 8.19. The van der Waals surface area contributed by atoms with Gasteiger partial charge in [0.1, 0.15) is 11.2 Å². The number of nitrogens with zero attached hydrogens (tertiary/aromatic N) is 1. The molecule has 1 amide bonds. The third kappa shape index (κ3) is 3.30. The molecule has 0 saturated carbocycles. The molecule has 7 heteroatoms. The Balaban J connectivity index is 1.48. The summed E-state index contributed by atoms with van der Waals surface area (Å²) in [7, 11) is 0. The molecular formula is C20H14N2O5. The standard InChI is InChI=1S/C20H14N2O5/c23-20(12-26-18-8-4-2-6-16(18)22(24)25)21-13-9-10-15-14-5-1-3-7-17(14)27-19(15)11-13/h1-11H,12H2,(H,21,23). The van der Waals surface area contributed by atoms with Crippen molar-refractivity contribution in [2.75, 3.05) is 11.9 Å². The fraction of sp³-hybridized carbons (Fsp3) is 0.0500. The van der Waals surface area contributed by atoms with Gasteiger partial charge in [0.05, 0.1) is 4.92 Å². The highest BCUT2D eigenvalue weighted by atomic mass is 16.6. The van der Waals surface area contributed by atoms with Crippen LogP contribution in [0.4, 0.5) is 11.4 Å². The molecular weight excluding hydrogens is 348 g/mol. The normalized spacial score (nSPS) is 10.8. The van der Waals surface area contributed by atoms with Crippen LogP contribution in [0.25, 0.3) is 21.9 Å². The van der Waals surface area contributed by atoms with Crippen LogP contribution in [-0.2, 0) is 4.79 Å². The van der Waals surface area contributed by atoms with Gasteiger partial charge in [0.15, 0.2) is 12.4 Å². The van der Waals surface area contributed by atoms with Crippen molar-refractivity contribution in [3.05, 3.63) is 76.8 Å². The summed E-state index contributed by atoms with van der Waals surface area (Å²) in [5.74, 6) is -0.381. The minimum Gasteiger partial charge on any atom is -0.477 e. The van der Waals surface area contributed by atoms with Crippen LogP contribution in [0.15, 0.2) is 71.1 Å². The summed E-state index contributed by atoms with van der Waals surface area (Å²) in [5.41, 5.74) is 1.80. The lowest BCUT2D eigenvalue weighted by molar-refractivity contribution is -0.385. The summed E-state index contributed by atoms with van der Waals surface area (Å²) in [6.45, 7) is -0.344. The Kier molecular flexibility index (Phi) is 4.18. The van der Waals surface area contributed by atoms with Gasteiger partial charge in [0.2, 0.25) is 0 Å². The monoisotopic (exact) mass is 362 g/mol. The topological polar surface area (TPSA) is 94.6 Å². The molecule has 0 atom stereocenters. The van der Waals surface area contributed by atoms with E-state index in [1.54, 1.807) is 18.2 Å². The molecule has 0 spiro atoms. The number of hydrogen-bond acceptors (Lipinski definition) is 5. The van der Waals surface area contributed by atoms with E-state index in [9.17, 15) is 14.9 Å². The molecule has 0 aliphatic heterocycles. The zero-order valence-corrected chi connectivity index (χ0v) is 14.0. The van der Waals surface area contributed by atoms with E-state index in [1.807, 2.05) is 30.3 Å². The van der Waals surface area contributed by atoms with E-state index >= 15 is 0 Å². The molecule has 0 aliphatic carbocycles. The van der Waals surface area contributed by atoms with Crippen LogP contribution in [-0.4, -0.2) is 17.4 Å². The van der Waals surface area contributed by atoms with Crippen LogP contribution in [0.1, 0.15) is 0 Å². The fourth-order valence-electron chi connectivity index (χ4n) is 2.87. The highest BCUT2D eigenvalue weighted by Gasteiger charge is 2.15. The Morgan fingerprint density at radius 1 is 1.00 bits per heavy atom. The van der Waals surface area contributed by atoms with Crippen LogP contribution in [0, 0.1) is 10.1 Å². The van der Waals surface area contributed by atoms with Gasteiger partial charge in [-0.25, -0.2) is 0 Å². The molecule has 0 fully saturated rings. The van der Waals surface area contributed by atoms with E-state index in [0.717, 1.165) is 16.4 Å². The number of para-hydroxylation sites is 3. The number of ether oxygens (including phenoxy) is 1. The van der Waals surface area contributed by atoms with Gasteiger partial charge < -0.3 is 14.5 Å². The number of benzene rings is 3. The van der Waals surface area contributed by atoms with Crippen molar-refractivity contribution >= 4 is 39.2 Å². The molecule has 0 radical (unpaired) electrons. The smallest absolute Gasteiger partial charge is 0.310 e. The van der Waals surface area contributed by atoms with Gasteiger partial charge in [-0.1, -0.05) is 30.3 Å². The number of nitro groups is 1. The van der Waals surface area contributed by atoms with Crippen LogP contribution >= 0.6 is 0 Å². The van der Waals surface area contributed by atoms with Crippen molar-refractivity contribution in [3.8, 4) is 5.75 Å². The summed E-state index contributed by atoms with van der Waals surface area (Å²) in [5, 5.41) is 15.6. The zero-order valence-electron chi connectivity index (χ0n) is 14.0. The Morgan fingerprint density at radius 2 is 1.74 bits per heavy atom. The minimum absolute atomic E-state index is 0.0467. The third-order valence-electron chi connectivity index (χ3n) is 4.08. The maximum absolute atomic E-state index is 12.1. The molecule has 4 rings (SSSR count). The van der Waals surface area contributed by atoms with E-state index in [0.29, 0.717) is 11.3 Å². The molecule has 4 aromatic rings. The van der Waals surface area contributed by atoms with Gasteiger partial charge in [0.25, 0.3) is 5.91 Å². The fourth-order valence-corrected chi connectivity index (χ4v) is 2.87. The van der Waals surface area contributed by atoms with Crippen molar-refractivity contribution in [3.63, 3.8) is 0 Å². The SMILES string of the molecule is O=C(COc1ccccc1[N+](=O)[O-])Nc1ccc2c(c1)oc1ccccc12. The van der Waals surface area contributed by atoms with Crippen LogP contribution in [0.2, 0.25) is 0 Å². The predicted molar refractivity (Wildman–Crippen MR) is 101 cm³/mol. The van der Waals surface area contributed by atoms with Gasteiger partial charge in [-0.15, -0.1) is 0 Å². The molecule has 1 aromatic heterocycles. The van der Waals surface area contributed by atoms with Crippen molar-refractivity contribution < 1.29 is 18.9 Å². The highest BCUT2D eigenvalue weighted by Crippen LogP contribution is 2.30. The first-order chi connectivity index (χ1) is 13.1. The van der Waals surface area contributed by atoms with Gasteiger partial charge in [-0.05, 0) is 24.3 Å². The Morgan fingerprint density at radius 3 is 2.59 bits per heavy atom. The average molecular weight is 362 g/mol. The highest BCUT2D eigenvalue weighted by molar-refractivity contribution is 6.06. The Hall–Kier alpha value is -3.87. The second-order valence-corrected chi connectivity index (χ2v) is 5.87. The van der Waals surface area contributed by atoms with Crippen LogP contribution < -0.4 is 10.1 Å². The molecule has 0 unspecified atom stereocenters. The zero-order chi connectivity index (χ0) is 18.8. The first kappa shape index (κ1) is 16.6. The van der Waals surface area contributed by atoms with E-state index < -0.39 is 10.8 Å². The number of nitro benzene ring substituents is 1. The first-order valence-electron chi connectivity index (χ1n) is 8.19. The summed E-state index contributed by atoms with van der Waals surface area (Å²) >= 11 is 0. The Bertz CT molecular complexity index is 1170. The van der Waals surface area contributed by atoms with Gasteiger partial charge in [-0.3, -0.25) is 14.9 Å². The average Bonchev–Trinajstić information content (AvgIpc) is 3.04. The van der Waals surface area contributed by atoms with Gasteiger partial charge in [0, 0.05) is 28.6 Å². The number of rotatable bonds is 5. The molecule has 27 heavy (non-hydrogen) atoms. The Labute approximate surface area is 153 Å². The largest absolute Gasteiger partial charge is 0.477 e. The molecule has 0 saturated heterocycles. The minimum atomic E-state index is -0.553. The number of carbonyl (C=O) groups excluding carboxylic acids is 1. The molecule has 1 N–H and O–H groups in total. The second-order valence-electron chi connectivity index (χ2n) is 5.87. The molecule has 1 heterocycles. The quantitative estimate of drug-likeness (QED) is 0.416. The second kappa shape index (κ2) is 6.80. The molecule has 7 nitrogen and oxygen atoms in total. The van der Waals surface area contributed by atoms with Crippen molar-refractivity contribution in [1.29, 1.82) is 0 Å². The number of furan rings is 1. The van der Waals surface area contributed by atoms with Crippen molar-refractivity contribution in [2.45, 2.75) is 0 Å². The van der Waals surface area contributed by atoms with E-state index in [1.165, 1.54) is 18.2 Å². The predicted octanol–water partition coefficient (Wildman–Crippen LogP) is 4.51. The maximum atomic E-state index is 12.1. The number of fused-ring (bicyclic) bond motifs is 3. The lowest BCUT2D eigenvalue weighted by atomic mass is 10.1. The van der Waals surface area contributed by atoms with Crippen LogP contribution in [0.3, 0.4) is 0 Å². The number of hydrogen-bond donors (Lipinski definition) is 1. The summed E-state index contributed by atoms with van der Waals surface area (Å²) < 4.78 is 11.1. The van der Waals surface area contributed by atoms with E-state index in [2.05, 4.69) is 5.32 Å². The summed E-state index contributed by atoms with van der Waals surface area (Å²) in [6, 6.07) is 19.0. The van der Waals surface area contributed by atoms with Crippen LogP contribution in [0.5, 0.6) is 5.75 Å². The van der Waals surface area contributed by atoms with E-state index in [4.69, 9.17) is 9.15 Å². The molecule has 0 aliphatic rings. The molecule has 134 valence electrons. The van der Waals surface area contributed by atoms with Crippen molar-refractivity contribution in [1.82, 2.24) is 0 Å². The molecule has 0 bridgehead atoms. The lowest BCUT2D eigenvalue weighted by Gasteiger charge is -2.07. The molecule has 3 aromatic carbocycles. The number of carbonyl (C=O) groups is 1. The number of anilines is 1. The maximum Gasteiger partial charge on any atom is 0.310 e. The van der Waals surface area contributed by atoms with Crippen molar-refractivity contribution in [2.24, 2.45) is 0 Å². The lowest BCUT2D eigenvalue weighted by Crippen LogP contribution is -2.20. The number of nitrogens with one attached hydrogen (secondary N) is 1. The summed E-state index contributed by atoms with van der Waals surface area (Å²) in [6.07, 6.45) is 0. The van der Waals surface area contributed by atoms with Gasteiger partial charge in [-0.2, -0.15) is 0 Å². The summed E-state index contributed by atoms with van der Waals surface area (Å²) in [4.78, 5) is 22.6. The number of amides is 1. The van der Waals surface area contributed by atoms with E-state index in [-0.39, 0.29) is 18.0 Å².